The third-order valence-corrected chi connectivity index (χ3v) is 2.81. The molecule has 0 radical (unpaired) electrons. The molecule has 3 nitrogen and oxygen atoms in total. The van der Waals surface area contributed by atoms with Crippen LogP contribution in [0.15, 0.2) is 12.2 Å². The summed E-state index contributed by atoms with van der Waals surface area (Å²) in [6.45, 7) is 0. The third kappa shape index (κ3) is 1.04. The second kappa shape index (κ2) is 2.32. The van der Waals surface area contributed by atoms with Crippen LogP contribution in [0.3, 0.4) is 0 Å². The molecule has 1 fully saturated rings. The average Bonchev–Trinajstić information content (AvgIpc) is 2.06. The van der Waals surface area contributed by atoms with Gasteiger partial charge in [0, 0.05) is 17.3 Å². The molecule has 3 aliphatic carbocycles. The van der Waals surface area contributed by atoms with Gasteiger partial charge in [0.15, 0.2) is 0 Å². The highest BCUT2D eigenvalue weighted by molar-refractivity contribution is 5.06. The number of fused-ring (bicyclic) bond motifs is 2. The Morgan fingerprint density at radius 3 is 2.45 bits per heavy atom. The molecule has 3 rings (SSSR count). The largest absolute Gasteiger partial charge is 0.264 e. The number of allylic oxidation sites excluding steroid dienone is 1. The van der Waals surface area contributed by atoms with E-state index in [4.69, 9.17) is 0 Å². The first-order chi connectivity index (χ1) is 5.27. The molecule has 3 heteroatoms. The SMILES string of the molecule is O=[N+]([O-])[C@@H]1C[C@@H]2C=C[C@@H]1CC2. The molecule has 0 unspecified atom stereocenters. The standard InChI is InChI=1S/C8H11NO2/c10-9(11)8-5-6-1-3-7(8)4-2-6/h1,3,6-8H,2,4-5H2/t6-,7-,8-/m1/s1. The van der Waals surface area contributed by atoms with Gasteiger partial charge in [-0.25, -0.2) is 0 Å². The summed E-state index contributed by atoms with van der Waals surface area (Å²) in [6, 6.07) is -0.279. The summed E-state index contributed by atoms with van der Waals surface area (Å²) >= 11 is 0. The lowest BCUT2D eigenvalue weighted by atomic mass is 9.73. The predicted molar refractivity (Wildman–Crippen MR) is 40.8 cm³/mol. The molecule has 0 heterocycles. The second-order valence-corrected chi connectivity index (χ2v) is 3.47. The van der Waals surface area contributed by atoms with Crippen LogP contribution < -0.4 is 0 Å². The van der Waals surface area contributed by atoms with Crippen LogP contribution in [0.1, 0.15) is 19.3 Å². The van der Waals surface area contributed by atoms with E-state index in [1.807, 2.05) is 6.08 Å². The predicted octanol–water partition coefficient (Wildman–Crippen LogP) is 1.62. The summed E-state index contributed by atoms with van der Waals surface area (Å²) in [7, 11) is 0. The molecule has 0 amide bonds. The molecule has 3 aliphatic rings. The van der Waals surface area contributed by atoms with Gasteiger partial charge in [0.25, 0.3) is 0 Å². The molecule has 0 aromatic rings. The van der Waals surface area contributed by atoms with Crippen molar-refractivity contribution in [1.82, 2.24) is 0 Å². The maximum Gasteiger partial charge on any atom is 0.219 e. The monoisotopic (exact) mass is 153 g/mol. The minimum absolute atomic E-state index is 0.111. The van der Waals surface area contributed by atoms with Gasteiger partial charge in [-0.2, -0.15) is 0 Å². The fourth-order valence-corrected chi connectivity index (χ4v) is 2.14. The molecule has 0 aromatic carbocycles. The van der Waals surface area contributed by atoms with E-state index >= 15 is 0 Å². The molecular weight excluding hydrogens is 142 g/mol. The normalized spacial score (nSPS) is 40.9. The molecule has 3 atom stereocenters. The van der Waals surface area contributed by atoms with Crippen LogP contribution in [0.4, 0.5) is 0 Å². The van der Waals surface area contributed by atoms with E-state index in [0.717, 1.165) is 19.3 Å². The van der Waals surface area contributed by atoms with Crippen molar-refractivity contribution in [2.24, 2.45) is 11.8 Å². The fourth-order valence-electron chi connectivity index (χ4n) is 2.14. The van der Waals surface area contributed by atoms with Crippen molar-refractivity contribution in [3.8, 4) is 0 Å². The van der Waals surface area contributed by atoms with E-state index in [2.05, 4.69) is 6.08 Å². The van der Waals surface area contributed by atoms with Gasteiger partial charge < -0.3 is 0 Å². The highest BCUT2D eigenvalue weighted by Crippen LogP contribution is 2.37. The van der Waals surface area contributed by atoms with E-state index < -0.39 is 0 Å². The third-order valence-electron chi connectivity index (χ3n) is 2.81. The Morgan fingerprint density at radius 2 is 2.18 bits per heavy atom. The van der Waals surface area contributed by atoms with Gasteiger partial charge in [-0.1, -0.05) is 12.2 Å². The topological polar surface area (TPSA) is 43.1 Å². The Kier molecular flexibility index (Phi) is 1.44. The molecule has 1 saturated carbocycles. The number of hydrogen-bond acceptors (Lipinski definition) is 2. The lowest BCUT2D eigenvalue weighted by Gasteiger charge is -2.32. The summed E-state index contributed by atoms with van der Waals surface area (Å²) in [6.07, 6.45) is 7.13. The van der Waals surface area contributed by atoms with Crippen LogP contribution in [0.25, 0.3) is 0 Å². The van der Waals surface area contributed by atoms with Gasteiger partial charge in [-0.3, -0.25) is 10.1 Å². The number of hydrogen-bond donors (Lipinski definition) is 0. The zero-order valence-electron chi connectivity index (χ0n) is 6.27. The van der Waals surface area contributed by atoms with Gasteiger partial charge in [-0.05, 0) is 18.8 Å². The number of nitrogens with zero attached hydrogens (tertiary/aromatic N) is 1. The van der Waals surface area contributed by atoms with Crippen molar-refractivity contribution >= 4 is 0 Å². The lowest BCUT2D eigenvalue weighted by Crippen LogP contribution is -2.37. The van der Waals surface area contributed by atoms with Gasteiger partial charge in [0.2, 0.25) is 6.04 Å². The Hall–Kier alpha value is -0.860. The summed E-state index contributed by atoms with van der Waals surface area (Å²) in [5.74, 6) is 0.727. The van der Waals surface area contributed by atoms with Crippen LogP contribution in [-0.4, -0.2) is 11.0 Å². The summed E-state index contributed by atoms with van der Waals surface area (Å²) < 4.78 is 0. The molecule has 0 N–H and O–H groups in total. The van der Waals surface area contributed by atoms with Crippen LogP contribution >= 0.6 is 0 Å². The van der Waals surface area contributed by atoms with E-state index in [1.54, 1.807) is 0 Å². The van der Waals surface area contributed by atoms with Crippen LogP contribution in [0.2, 0.25) is 0 Å². The first-order valence-corrected chi connectivity index (χ1v) is 4.09. The van der Waals surface area contributed by atoms with E-state index in [1.165, 1.54) is 0 Å². The minimum Gasteiger partial charge on any atom is -0.264 e. The molecule has 2 bridgehead atoms. The van der Waals surface area contributed by atoms with E-state index in [-0.39, 0.29) is 16.9 Å². The summed E-state index contributed by atoms with van der Waals surface area (Å²) in [4.78, 5) is 10.4. The van der Waals surface area contributed by atoms with Crippen molar-refractivity contribution in [3.05, 3.63) is 22.3 Å². The van der Waals surface area contributed by atoms with Gasteiger partial charge >= 0.3 is 0 Å². The zero-order valence-corrected chi connectivity index (χ0v) is 6.27. The fraction of sp³-hybridized carbons (Fsp3) is 0.750. The lowest BCUT2D eigenvalue weighted by molar-refractivity contribution is -0.535. The number of rotatable bonds is 1. The van der Waals surface area contributed by atoms with E-state index in [9.17, 15) is 10.1 Å². The van der Waals surface area contributed by atoms with Gasteiger partial charge in [-0.15, -0.1) is 0 Å². The van der Waals surface area contributed by atoms with Crippen molar-refractivity contribution in [2.45, 2.75) is 25.3 Å². The van der Waals surface area contributed by atoms with Crippen molar-refractivity contribution < 1.29 is 4.92 Å². The average molecular weight is 153 g/mol. The van der Waals surface area contributed by atoms with Crippen molar-refractivity contribution in [1.29, 1.82) is 0 Å². The summed E-state index contributed by atoms with van der Waals surface area (Å²) in [5, 5.41) is 10.5. The summed E-state index contributed by atoms with van der Waals surface area (Å²) in [5.41, 5.74) is 0. The van der Waals surface area contributed by atoms with Crippen LogP contribution in [-0.2, 0) is 0 Å². The first kappa shape index (κ1) is 6.83. The number of nitro groups is 1. The van der Waals surface area contributed by atoms with Gasteiger partial charge in [0.05, 0.1) is 0 Å². The van der Waals surface area contributed by atoms with Crippen LogP contribution in [0, 0.1) is 22.0 Å². The Labute approximate surface area is 65.2 Å². The Balaban J connectivity index is 2.17. The van der Waals surface area contributed by atoms with Crippen LogP contribution in [0.5, 0.6) is 0 Å². The molecule has 0 aromatic heterocycles. The second-order valence-electron chi connectivity index (χ2n) is 3.47. The smallest absolute Gasteiger partial charge is 0.219 e. The maximum absolute atomic E-state index is 10.5. The molecule has 0 spiro atoms. The maximum atomic E-state index is 10.5. The molecule has 60 valence electrons. The molecular formula is C8H11NO2. The molecule has 0 saturated heterocycles. The Morgan fingerprint density at radius 1 is 1.36 bits per heavy atom. The quantitative estimate of drug-likeness (QED) is 0.326. The molecule has 11 heavy (non-hydrogen) atoms. The zero-order chi connectivity index (χ0) is 7.84. The van der Waals surface area contributed by atoms with Gasteiger partial charge in [0.1, 0.15) is 0 Å². The first-order valence-electron chi connectivity index (χ1n) is 4.09. The van der Waals surface area contributed by atoms with Crippen molar-refractivity contribution in [3.63, 3.8) is 0 Å². The highest BCUT2D eigenvalue weighted by atomic mass is 16.6. The van der Waals surface area contributed by atoms with Crippen molar-refractivity contribution in [2.75, 3.05) is 0 Å². The minimum atomic E-state index is -0.279. The molecule has 0 aliphatic heterocycles. The van der Waals surface area contributed by atoms with E-state index in [0.29, 0.717) is 5.92 Å². The Bertz CT molecular complexity index is 212. The highest BCUT2D eigenvalue weighted by Gasteiger charge is 2.39.